The Labute approximate surface area is 199 Å². The standard InChI is InChI=1S/C28H31N3OS/c1-3-8-27(31-17-15-30(16-18-31)24-11-6-4-9-20(24)2)29-28(32)21-13-14-26-23(19-21)22-10-5-7-12-25(22)33-26/h4-7,9-14,19,27H,3,8,15-18H2,1-2H3,(H,29,32). The number of nitrogens with zero attached hydrogens (tertiary/aromatic N) is 2. The number of fused-ring (bicyclic) bond motifs is 3. The molecule has 5 heteroatoms. The SMILES string of the molecule is CCCC(NC(=O)c1ccc2sc3ccccc3c2c1)N1CCN(c2ccccc2C)CC1. The van der Waals surface area contributed by atoms with Gasteiger partial charge in [-0.25, -0.2) is 0 Å². The van der Waals surface area contributed by atoms with E-state index in [1.807, 2.05) is 6.07 Å². The number of piperazine rings is 1. The van der Waals surface area contributed by atoms with Gasteiger partial charge >= 0.3 is 0 Å². The average molecular weight is 458 g/mol. The highest BCUT2D eigenvalue weighted by Gasteiger charge is 2.25. The number of carbonyl (C=O) groups is 1. The van der Waals surface area contributed by atoms with E-state index in [4.69, 9.17) is 0 Å². The third-order valence-corrected chi connectivity index (χ3v) is 7.86. The number of rotatable bonds is 6. The van der Waals surface area contributed by atoms with Gasteiger partial charge in [-0.2, -0.15) is 0 Å². The van der Waals surface area contributed by atoms with Gasteiger partial charge in [0.25, 0.3) is 5.91 Å². The molecule has 5 rings (SSSR count). The average Bonchev–Trinajstić information content (AvgIpc) is 3.22. The molecule has 1 saturated heterocycles. The molecule has 1 amide bonds. The Kier molecular flexibility index (Phi) is 6.34. The highest BCUT2D eigenvalue weighted by atomic mass is 32.1. The Bertz CT molecular complexity index is 1270. The number of anilines is 1. The molecule has 1 aromatic heterocycles. The summed E-state index contributed by atoms with van der Waals surface area (Å²) in [6, 6.07) is 23.1. The molecule has 0 spiro atoms. The zero-order valence-corrected chi connectivity index (χ0v) is 20.2. The van der Waals surface area contributed by atoms with Crippen molar-refractivity contribution in [1.29, 1.82) is 0 Å². The van der Waals surface area contributed by atoms with Crippen molar-refractivity contribution < 1.29 is 4.79 Å². The van der Waals surface area contributed by atoms with Crippen LogP contribution in [0.1, 0.15) is 35.7 Å². The van der Waals surface area contributed by atoms with E-state index in [1.54, 1.807) is 11.3 Å². The Morgan fingerprint density at radius 3 is 2.45 bits per heavy atom. The number of amides is 1. The smallest absolute Gasteiger partial charge is 0.252 e. The lowest BCUT2D eigenvalue weighted by atomic mass is 10.1. The number of benzene rings is 3. The number of thiophene rings is 1. The fraction of sp³-hybridized carbons (Fsp3) is 0.321. The van der Waals surface area contributed by atoms with Crippen molar-refractivity contribution in [2.45, 2.75) is 32.9 Å². The van der Waals surface area contributed by atoms with Crippen molar-refractivity contribution >= 4 is 43.1 Å². The molecule has 1 fully saturated rings. The minimum absolute atomic E-state index is 0.0203. The number of aryl methyl sites for hydroxylation is 1. The molecule has 3 aromatic carbocycles. The van der Waals surface area contributed by atoms with E-state index >= 15 is 0 Å². The molecule has 1 atom stereocenters. The first-order chi connectivity index (χ1) is 16.1. The maximum atomic E-state index is 13.3. The van der Waals surface area contributed by atoms with E-state index in [2.05, 4.69) is 89.6 Å². The molecule has 1 aliphatic heterocycles. The molecular formula is C28H31N3OS. The molecule has 2 heterocycles. The van der Waals surface area contributed by atoms with Crippen LogP contribution in [-0.2, 0) is 0 Å². The van der Waals surface area contributed by atoms with Gasteiger partial charge in [0.2, 0.25) is 0 Å². The van der Waals surface area contributed by atoms with Crippen LogP contribution in [0.4, 0.5) is 5.69 Å². The van der Waals surface area contributed by atoms with E-state index in [0.717, 1.165) is 44.6 Å². The van der Waals surface area contributed by atoms with Gasteiger partial charge in [-0.05, 0) is 49.2 Å². The molecule has 0 radical (unpaired) electrons. The number of carbonyl (C=O) groups excluding carboxylic acids is 1. The lowest BCUT2D eigenvalue weighted by Gasteiger charge is -2.40. The van der Waals surface area contributed by atoms with Gasteiger partial charge in [-0.3, -0.25) is 9.69 Å². The second-order valence-corrected chi connectivity index (χ2v) is 9.98. The zero-order valence-electron chi connectivity index (χ0n) is 19.4. The first-order valence-electron chi connectivity index (χ1n) is 11.9. The topological polar surface area (TPSA) is 35.6 Å². The lowest BCUT2D eigenvalue weighted by molar-refractivity contribution is 0.0824. The van der Waals surface area contributed by atoms with Gasteiger partial charge in [0, 0.05) is 57.6 Å². The van der Waals surface area contributed by atoms with Crippen LogP contribution in [0.25, 0.3) is 20.2 Å². The number of nitrogens with one attached hydrogen (secondary N) is 1. The van der Waals surface area contributed by atoms with Crippen LogP contribution in [0, 0.1) is 6.92 Å². The predicted octanol–water partition coefficient (Wildman–Crippen LogP) is 6.04. The van der Waals surface area contributed by atoms with E-state index in [0.29, 0.717) is 0 Å². The molecule has 1 unspecified atom stereocenters. The van der Waals surface area contributed by atoms with Crippen LogP contribution in [0.15, 0.2) is 66.7 Å². The van der Waals surface area contributed by atoms with Gasteiger partial charge in [-0.15, -0.1) is 11.3 Å². The third-order valence-electron chi connectivity index (χ3n) is 6.71. The molecule has 4 nitrogen and oxygen atoms in total. The lowest BCUT2D eigenvalue weighted by Crippen LogP contribution is -2.56. The van der Waals surface area contributed by atoms with Gasteiger partial charge in [0.1, 0.15) is 0 Å². The van der Waals surface area contributed by atoms with E-state index in [9.17, 15) is 4.79 Å². The van der Waals surface area contributed by atoms with Gasteiger partial charge in [-0.1, -0.05) is 49.7 Å². The molecule has 0 aliphatic carbocycles. The Morgan fingerprint density at radius 2 is 1.67 bits per heavy atom. The van der Waals surface area contributed by atoms with E-state index < -0.39 is 0 Å². The van der Waals surface area contributed by atoms with Gasteiger partial charge in [0.05, 0.1) is 6.17 Å². The fourth-order valence-electron chi connectivity index (χ4n) is 4.91. The zero-order chi connectivity index (χ0) is 22.8. The maximum Gasteiger partial charge on any atom is 0.252 e. The summed E-state index contributed by atoms with van der Waals surface area (Å²) in [5, 5.41) is 5.74. The second-order valence-electron chi connectivity index (χ2n) is 8.90. The summed E-state index contributed by atoms with van der Waals surface area (Å²) in [5.74, 6) is 0.0203. The molecule has 1 N–H and O–H groups in total. The van der Waals surface area contributed by atoms with Crippen LogP contribution < -0.4 is 10.2 Å². The molecule has 4 aromatic rings. The number of para-hydroxylation sites is 1. The highest BCUT2D eigenvalue weighted by Crippen LogP contribution is 2.34. The van der Waals surface area contributed by atoms with E-state index in [-0.39, 0.29) is 12.1 Å². The van der Waals surface area contributed by atoms with Crippen molar-refractivity contribution in [1.82, 2.24) is 10.2 Å². The van der Waals surface area contributed by atoms with Crippen LogP contribution in [-0.4, -0.2) is 43.2 Å². The normalized spacial score (nSPS) is 15.8. The molecule has 170 valence electrons. The molecular weight excluding hydrogens is 426 g/mol. The fourth-order valence-corrected chi connectivity index (χ4v) is 6.00. The third kappa shape index (κ3) is 4.48. The summed E-state index contributed by atoms with van der Waals surface area (Å²) in [6.07, 6.45) is 2.06. The first-order valence-corrected chi connectivity index (χ1v) is 12.7. The van der Waals surface area contributed by atoms with Gasteiger partial charge < -0.3 is 10.2 Å². The van der Waals surface area contributed by atoms with Crippen molar-refractivity contribution in [2.24, 2.45) is 0 Å². The maximum absolute atomic E-state index is 13.3. The minimum atomic E-state index is 0.0203. The Morgan fingerprint density at radius 1 is 0.939 bits per heavy atom. The number of hydrogen-bond acceptors (Lipinski definition) is 4. The second kappa shape index (κ2) is 9.54. The van der Waals surface area contributed by atoms with Crippen LogP contribution in [0.5, 0.6) is 0 Å². The Balaban J connectivity index is 1.30. The van der Waals surface area contributed by atoms with Crippen LogP contribution in [0.3, 0.4) is 0 Å². The quantitative estimate of drug-likeness (QED) is 0.383. The summed E-state index contributed by atoms with van der Waals surface area (Å²) >= 11 is 1.78. The first kappa shape index (κ1) is 21.9. The van der Waals surface area contributed by atoms with Gasteiger partial charge in [0.15, 0.2) is 0 Å². The molecule has 33 heavy (non-hydrogen) atoms. The van der Waals surface area contributed by atoms with Crippen molar-refractivity contribution in [3.05, 3.63) is 77.9 Å². The summed E-state index contributed by atoms with van der Waals surface area (Å²) in [5.41, 5.74) is 3.39. The van der Waals surface area contributed by atoms with Crippen molar-refractivity contribution in [2.75, 3.05) is 31.1 Å². The van der Waals surface area contributed by atoms with Crippen LogP contribution in [0.2, 0.25) is 0 Å². The summed E-state index contributed by atoms with van der Waals surface area (Å²) < 4.78 is 2.49. The molecule has 1 aliphatic rings. The largest absolute Gasteiger partial charge is 0.369 e. The predicted molar refractivity (Wildman–Crippen MR) is 140 cm³/mol. The van der Waals surface area contributed by atoms with Crippen LogP contribution >= 0.6 is 11.3 Å². The minimum Gasteiger partial charge on any atom is -0.369 e. The molecule has 0 saturated carbocycles. The van der Waals surface area contributed by atoms with Crippen molar-refractivity contribution in [3.63, 3.8) is 0 Å². The summed E-state index contributed by atoms with van der Waals surface area (Å²) in [6.45, 7) is 8.23. The van der Waals surface area contributed by atoms with Crippen molar-refractivity contribution in [3.8, 4) is 0 Å². The summed E-state index contributed by atoms with van der Waals surface area (Å²) in [7, 11) is 0. The highest BCUT2D eigenvalue weighted by molar-refractivity contribution is 7.25. The monoisotopic (exact) mass is 457 g/mol. The number of hydrogen-bond donors (Lipinski definition) is 1. The molecule has 0 bridgehead atoms. The Hall–Kier alpha value is -2.89. The summed E-state index contributed by atoms with van der Waals surface area (Å²) in [4.78, 5) is 18.2. The van der Waals surface area contributed by atoms with E-state index in [1.165, 1.54) is 31.4 Å².